The van der Waals surface area contributed by atoms with Gasteiger partial charge in [0, 0.05) is 0 Å². The van der Waals surface area contributed by atoms with Gasteiger partial charge in [0.1, 0.15) is 18.3 Å². The summed E-state index contributed by atoms with van der Waals surface area (Å²) in [6, 6.07) is 42.2. The highest BCUT2D eigenvalue weighted by Gasteiger charge is 2.54. The molecular weight excluding hydrogens is 617 g/mol. The average molecular weight is 669 g/mol. The molecule has 250 valence electrons. The molecule has 0 spiro atoms. The van der Waals surface area contributed by atoms with Crippen LogP contribution >= 0.6 is 0 Å². The maximum Gasteiger partial charge on any atom is 0.261 e. The van der Waals surface area contributed by atoms with E-state index in [1.54, 1.807) is 0 Å². The standard InChI is InChI=1S/C40H52O5Si2/c1-38(2,3)46(31-21-13-9-14-22-31,32-23-15-10-16-24-32)42-29-35(41)37-36(44-40(7,8)45-37)30-43-47(39(4,5)6,33-25-17-11-18-26-33)34-27-19-12-20-28-34/h9-28,35-37,41H,29-30H2,1-8H3/t35-,36+,37+/m1/s1. The molecule has 1 aliphatic heterocycles. The molecular formula is C40H52O5Si2. The zero-order chi connectivity index (χ0) is 33.9. The smallest absolute Gasteiger partial charge is 0.261 e. The molecule has 5 nitrogen and oxygen atoms in total. The lowest BCUT2D eigenvalue weighted by Gasteiger charge is -2.44. The highest BCUT2D eigenvalue weighted by molar-refractivity contribution is 7.00. The Hall–Kier alpha value is -2.89. The molecule has 1 aliphatic rings. The van der Waals surface area contributed by atoms with Gasteiger partial charge in [0.05, 0.1) is 13.2 Å². The molecule has 0 aromatic heterocycles. The molecule has 0 unspecified atom stereocenters. The fraction of sp³-hybridized carbons (Fsp3) is 0.400. The van der Waals surface area contributed by atoms with E-state index in [0.29, 0.717) is 0 Å². The monoisotopic (exact) mass is 668 g/mol. The van der Waals surface area contributed by atoms with Crippen LogP contribution in [0, 0.1) is 0 Å². The second-order valence-corrected chi connectivity index (χ2v) is 23.8. The summed E-state index contributed by atoms with van der Waals surface area (Å²) >= 11 is 0. The van der Waals surface area contributed by atoms with E-state index in [9.17, 15) is 5.11 Å². The van der Waals surface area contributed by atoms with E-state index in [2.05, 4.69) is 139 Å². The molecule has 47 heavy (non-hydrogen) atoms. The highest BCUT2D eigenvalue weighted by Crippen LogP contribution is 2.40. The third-order valence-corrected chi connectivity index (χ3v) is 19.4. The Balaban J connectivity index is 1.47. The van der Waals surface area contributed by atoms with E-state index in [0.717, 1.165) is 0 Å². The molecule has 0 radical (unpaired) electrons. The SMILES string of the molecule is CC1(C)O[C@@H]([C@H](O)CO[Si](c2ccccc2)(c2ccccc2)C(C)(C)C)[C@H](CO[Si](c2ccccc2)(c2ccccc2)C(C)(C)C)O1. The van der Waals surface area contributed by atoms with E-state index in [-0.39, 0.29) is 23.3 Å². The van der Waals surface area contributed by atoms with Gasteiger partial charge in [0.15, 0.2) is 5.79 Å². The molecule has 4 aromatic carbocycles. The lowest BCUT2D eigenvalue weighted by Crippen LogP contribution is -2.68. The van der Waals surface area contributed by atoms with Crippen molar-refractivity contribution in [2.75, 3.05) is 13.2 Å². The quantitative estimate of drug-likeness (QED) is 0.198. The summed E-state index contributed by atoms with van der Waals surface area (Å²) in [5.41, 5.74) is 0. The number of hydrogen-bond acceptors (Lipinski definition) is 5. The van der Waals surface area contributed by atoms with Gasteiger partial charge in [-0.25, -0.2) is 0 Å². The molecule has 3 atom stereocenters. The van der Waals surface area contributed by atoms with E-state index in [1.165, 1.54) is 20.7 Å². The van der Waals surface area contributed by atoms with Gasteiger partial charge in [-0.15, -0.1) is 0 Å². The van der Waals surface area contributed by atoms with E-state index in [4.69, 9.17) is 18.3 Å². The van der Waals surface area contributed by atoms with Crippen molar-refractivity contribution in [3.63, 3.8) is 0 Å². The fourth-order valence-electron chi connectivity index (χ4n) is 7.35. The van der Waals surface area contributed by atoms with Gasteiger partial charge in [0.25, 0.3) is 16.6 Å². The molecule has 1 heterocycles. The summed E-state index contributed by atoms with van der Waals surface area (Å²) in [6.45, 7) is 17.7. The van der Waals surface area contributed by atoms with Crippen molar-refractivity contribution in [3.8, 4) is 0 Å². The maximum absolute atomic E-state index is 11.9. The van der Waals surface area contributed by atoms with Crippen molar-refractivity contribution < 1.29 is 23.4 Å². The Morgan fingerprint density at radius 3 is 1.28 bits per heavy atom. The van der Waals surface area contributed by atoms with E-state index in [1.807, 2.05) is 38.1 Å². The van der Waals surface area contributed by atoms with Crippen molar-refractivity contribution in [1.29, 1.82) is 0 Å². The molecule has 0 bridgehead atoms. The Bertz CT molecular complexity index is 1470. The summed E-state index contributed by atoms with van der Waals surface area (Å²) in [4.78, 5) is 0. The largest absolute Gasteiger partial charge is 0.405 e. The summed E-state index contributed by atoms with van der Waals surface area (Å²) in [6.07, 6.45) is -2.07. The van der Waals surface area contributed by atoms with Crippen LogP contribution in [0.3, 0.4) is 0 Å². The van der Waals surface area contributed by atoms with Crippen LogP contribution in [0.4, 0.5) is 0 Å². The number of rotatable bonds is 11. The average Bonchev–Trinajstić information content (AvgIpc) is 3.36. The first-order chi connectivity index (χ1) is 22.2. The zero-order valence-corrected chi connectivity index (χ0v) is 31.3. The van der Waals surface area contributed by atoms with Crippen LogP contribution in [0.25, 0.3) is 0 Å². The van der Waals surface area contributed by atoms with Crippen LogP contribution in [0.5, 0.6) is 0 Å². The third kappa shape index (κ3) is 7.13. The molecule has 1 N–H and O–H groups in total. The van der Waals surface area contributed by atoms with E-state index >= 15 is 0 Å². The van der Waals surface area contributed by atoms with Gasteiger partial charge in [-0.1, -0.05) is 163 Å². The van der Waals surface area contributed by atoms with Gasteiger partial charge < -0.3 is 23.4 Å². The normalized spacial score (nSPS) is 19.4. The van der Waals surface area contributed by atoms with Crippen molar-refractivity contribution in [3.05, 3.63) is 121 Å². The van der Waals surface area contributed by atoms with Crippen molar-refractivity contribution in [2.24, 2.45) is 0 Å². The van der Waals surface area contributed by atoms with Gasteiger partial charge in [-0.05, 0) is 44.7 Å². The fourth-order valence-corrected chi connectivity index (χ4v) is 16.5. The van der Waals surface area contributed by atoms with Gasteiger partial charge in [-0.3, -0.25) is 0 Å². The van der Waals surface area contributed by atoms with Crippen LogP contribution < -0.4 is 20.7 Å². The first-order valence-electron chi connectivity index (χ1n) is 16.7. The number of benzene rings is 4. The highest BCUT2D eigenvalue weighted by atomic mass is 28.4. The molecule has 5 rings (SSSR count). The number of aliphatic hydroxyl groups is 1. The number of ether oxygens (including phenoxy) is 2. The first kappa shape index (κ1) is 35.4. The van der Waals surface area contributed by atoms with Crippen molar-refractivity contribution >= 4 is 37.4 Å². The third-order valence-electron chi connectivity index (χ3n) is 9.37. The van der Waals surface area contributed by atoms with Crippen molar-refractivity contribution in [1.82, 2.24) is 0 Å². The van der Waals surface area contributed by atoms with Crippen LogP contribution in [0.2, 0.25) is 10.1 Å². The molecule has 0 amide bonds. The number of aliphatic hydroxyl groups excluding tert-OH is 1. The summed E-state index contributed by atoms with van der Waals surface area (Å²) in [5, 5.41) is 16.3. The summed E-state index contributed by atoms with van der Waals surface area (Å²) < 4.78 is 27.3. The lowest BCUT2D eigenvalue weighted by atomic mass is 10.1. The molecule has 1 saturated heterocycles. The Kier molecular flexibility index (Phi) is 10.5. The summed E-state index contributed by atoms with van der Waals surface area (Å²) in [5.74, 6) is -0.886. The molecule has 0 saturated carbocycles. The van der Waals surface area contributed by atoms with Gasteiger partial charge in [0.2, 0.25) is 0 Å². The minimum atomic E-state index is -2.86. The predicted molar refractivity (Wildman–Crippen MR) is 197 cm³/mol. The topological polar surface area (TPSA) is 57.2 Å². The van der Waals surface area contributed by atoms with E-state index < -0.39 is 40.7 Å². The zero-order valence-electron chi connectivity index (χ0n) is 29.3. The predicted octanol–water partition coefficient (Wildman–Crippen LogP) is 6.02. The van der Waals surface area contributed by atoms with Crippen LogP contribution in [0.15, 0.2) is 121 Å². The second kappa shape index (κ2) is 13.9. The molecule has 1 fully saturated rings. The Labute approximate surface area is 284 Å². The minimum Gasteiger partial charge on any atom is -0.405 e. The van der Waals surface area contributed by atoms with Crippen LogP contribution in [-0.2, 0) is 18.3 Å². The van der Waals surface area contributed by atoms with Crippen LogP contribution in [0.1, 0.15) is 55.4 Å². The number of hydrogen-bond donors (Lipinski definition) is 1. The van der Waals surface area contributed by atoms with Gasteiger partial charge in [-0.2, -0.15) is 0 Å². The Morgan fingerprint density at radius 2 is 0.936 bits per heavy atom. The molecule has 0 aliphatic carbocycles. The molecule has 4 aromatic rings. The Morgan fingerprint density at radius 1 is 0.596 bits per heavy atom. The lowest BCUT2D eigenvalue weighted by molar-refractivity contribution is -0.158. The van der Waals surface area contributed by atoms with Crippen LogP contribution in [-0.4, -0.2) is 59.1 Å². The minimum absolute atomic E-state index is 0.104. The van der Waals surface area contributed by atoms with Gasteiger partial charge >= 0.3 is 0 Å². The maximum atomic E-state index is 11.9. The second-order valence-electron chi connectivity index (χ2n) is 15.2. The first-order valence-corrected chi connectivity index (χ1v) is 20.6. The van der Waals surface area contributed by atoms with Crippen molar-refractivity contribution in [2.45, 2.75) is 89.6 Å². The molecule has 7 heteroatoms. The summed E-state index contributed by atoms with van der Waals surface area (Å²) in [7, 11) is -5.69.